The van der Waals surface area contributed by atoms with Crippen LogP contribution >= 0.6 is 0 Å². The number of pyridine rings is 1. The van der Waals surface area contributed by atoms with E-state index in [0.29, 0.717) is 31.6 Å². The summed E-state index contributed by atoms with van der Waals surface area (Å²) in [5.74, 6) is 0.411. The molecule has 1 fully saturated rings. The van der Waals surface area contributed by atoms with E-state index in [2.05, 4.69) is 15.6 Å². The molecule has 0 unspecified atom stereocenters. The third-order valence-corrected chi connectivity index (χ3v) is 5.27. The van der Waals surface area contributed by atoms with Crippen molar-refractivity contribution in [3.05, 3.63) is 95.6 Å². The van der Waals surface area contributed by atoms with E-state index in [0.717, 1.165) is 17.0 Å². The van der Waals surface area contributed by atoms with Crippen molar-refractivity contribution in [3.8, 4) is 5.75 Å². The Balaban J connectivity index is 1.45. The molecule has 2 heterocycles. The fourth-order valence-electron chi connectivity index (χ4n) is 3.71. The summed E-state index contributed by atoms with van der Waals surface area (Å²) in [5, 5.41) is 6.44. The molecule has 1 aliphatic heterocycles. The Kier molecular flexibility index (Phi) is 6.35. The third kappa shape index (κ3) is 4.83. The standard InChI is InChI=1S/C24H24FN3O2/c25-20-10-3-2-9-19(20)24-21(12-13-23(29)28-24)27-15-17-7-1-4-11-22(17)30-16-18-8-5-6-14-26-18/h1-11,14,21,24,27H,12-13,15-16H2,(H,28,29)/t21-,24+/m1/s1. The molecule has 0 bridgehead atoms. The number of ether oxygens (including phenoxy) is 1. The summed E-state index contributed by atoms with van der Waals surface area (Å²) in [7, 11) is 0. The minimum Gasteiger partial charge on any atom is -0.487 e. The quantitative estimate of drug-likeness (QED) is 0.626. The minimum absolute atomic E-state index is 0.0552. The average Bonchev–Trinajstić information content (AvgIpc) is 2.78. The molecular formula is C24H24FN3O2. The number of rotatable bonds is 7. The van der Waals surface area contributed by atoms with Gasteiger partial charge in [0.25, 0.3) is 0 Å². The Labute approximate surface area is 175 Å². The highest BCUT2D eigenvalue weighted by Gasteiger charge is 2.31. The van der Waals surface area contributed by atoms with Gasteiger partial charge < -0.3 is 15.4 Å². The lowest BCUT2D eigenvalue weighted by atomic mass is 9.91. The molecule has 154 valence electrons. The van der Waals surface area contributed by atoms with Gasteiger partial charge in [-0.25, -0.2) is 4.39 Å². The van der Waals surface area contributed by atoms with Crippen molar-refractivity contribution >= 4 is 5.91 Å². The van der Waals surface area contributed by atoms with Gasteiger partial charge in [-0.15, -0.1) is 0 Å². The van der Waals surface area contributed by atoms with E-state index in [9.17, 15) is 9.18 Å². The second-order valence-electron chi connectivity index (χ2n) is 7.31. The van der Waals surface area contributed by atoms with Crippen molar-refractivity contribution in [1.82, 2.24) is 15.6 Å². The van der Waals surface area contributed by atoms with Crippen molar-refractivity contribution in [3.63, 3.8) is 0 Å². The van der Waals surface area contributed by atoms with Gasteiger partial charge in [-0.05, 0) is 30.7 Å². The number of amides is 1. The van der Waals surface area contributed by atoms with Crippen LogP contribution in [0.25, 0.3) is 0 Å². The molecule has 0 aliphatic carbocycles. The number of para-hydroxylation sites is 1. The monoisotopic (exact) mass is 405 g/mol. The second kappa shape index (κ2) is 9.50. The predicted octanol–water partition coefficient (Wildman–Crippen LogP) is 3.91. The highest BCUT2D eigenvalue weighted by atomic mass is 19.1. The van der Waals surface area contributed by atoms with Crippen LogP contribution in [0.15, 0.2) is 72.9 Å². The maximum Gasteiger partial charge on any atom is 0.220 e. The van der Waals surface area contributed by atoms with Crippen molar-refractivity contribution < 1.29 is 13.9 Å². The topological polar surface area (TPSA) is 63.2 Å². The summed E-state index contributed by atoms with van der Waals surface area (Å²) in [4.78, 5) is 16.3. The van der Waals surface area contributed by atoms with E-state index in [-0.39, 0.29) is 17.8 Å². The molecule has 0 spiro atoms. The maximum atomic E-state index is 14.4. The lowest BCUT2D eigenvalue weighted by Crippen LogP contribution is -2.48. The first-order valence-corrected chi connectivity index (χ1v) is 10.1. The molecule has 1 aromatic heterocycles. The van der Waals surface area contributed by atoms with Gasteiger partial charge in [-0.2, -0.15) is 0 Å². The number of carbonyl (C=O) groups is 1. The summed E-state index contributed by atoms with van der Waals surface area (Å²) >= 11 is 0. The highest BCUT2D eigenvalue weighted by molar-refractivity contribution is 5.77. The van der Waals surface area contributed by atoms with E-state index >= 15 is 0 Å². The van der Waals surface area contributed by atoms with E-state index in [4.69, 9.17) is 4.74 Å². The molecule has 1 saturated heterocycles. The number of halogens is 1. The Morgan fingerprint density at radius 1 is 1.07 bits per heavy atom. The largest absolute Gasteiger partial charge is 0.487 e. The van der Waals surface area contributed by atoms with Crippen LogP contribution in [-0.2, 0) is 17.9 Å². The fourth-order valence-corrected chi connectivity index (χ4v) is 3.71. The van der Waals surface area contributed by atoms with Crippen molar-refractivity contribution in [2.24, 2.45) is 0 Å². The number of hydrogen-bond donors (Lipinski definition) is 2. The first-order chi connectivity index (χ1) is 14.7. The van der Waals surface area contributed by atoms with Crippen LogP contribution in [0.3, 0.4) is 0 Å². The lowest BCUT2D eigenvalue weighted by molar-refractivity contribution is -0.123. The molecule has 3 aromatic rings. The summed E-state index contributed by atoms with van der Waals surface area (Å²) in [6.45, 7) is 0.930. The van der Waals surface area contributed by atoms with E-state index < -0.39 is 6.04 Å². The van der Waals surface area contributed by atoms with Gasteiger partial charge >= 0.3 is 0 Å². The van der Waals surface area contributed by atoms with Gasteiger partial charge in [0.1, 0.15) is 18.2 Å². The molecule has 1 aliphatic rings. The summed E-state index contributed by atoms with van der Waals surface area (Å²) in [6.07, 6.45) is 2.80. The van der Waals surface area contributed by atoms with Crippen LogP contribution < -0.4 is 15.4 Å². The molecule has 2 atom stereocenters. The number of hydrogen-bond acceptors (Lipinski definition) is 4. The molecular weight excluding hydrogens is 381 g/mol. The van der Waals surface area contributed by atoms with Crippen molar-refractivity contribution in [2.45, 2.75) is 38.1 Å². The summed E-state index contributed by atoms with van der Waals surface area (Å²) in [5.41, 5.74) is 2.36. The number of benzene rings is 2. The number of nitrogens with zero attached hydrogens (tertiary/aromatic N) is 1. The van der Waals surface area contributed by atoms with E-state index in [1.54, 1.807) is 24.4 Å². The maximum absolute atomic E-state index is 14.4. The molecule has 0 saturated carbocycles. The Bertz CT molecular complexity index is 997. The fraction of sp³-hybridized carbons (Fsp3) is 0.250. The molecule has 2 N–H and O–H groups in total. The molecule has 0 radical (unpaired) electrons. The first kappa shape index (κ1) is 20.0. The van der Waals surface area contributed by atoms with E-state index in [1.165, 1.54) is 6.07 Å². The number of aromatic nitrogens is 1. The van der Waals surface area contributed by atoms with Crippen LogP contribution in [0.5, 0.6) is 5.75 Å². The van der Waals surface area contributed by atoms with Crippen LogP contribution in [0, 0.1) is 5.82 Å². The highest BCUT2D eigenvalue weighted by Crippen LogP contribution is 2.27. The number of piperidine rings is 1. The summed E-state index contributed by atoms with van der Waals surface area (Å²) < 4.78 is 20.3. The Morgan fingerprint density at radius 2 is 1.87 bits per heavy atom. The number of nitrogens with one attached hydrogen (secondary N) is 2. The van der Waals surface area contributed by atoms with Crippen LogP contribution in [0.2, 0.25) is 0 Å². The van der Waals surface area contributed by atoms with Gasteiger partial charge in [0, 0.05) is 36.3 Å². The molecule has 5 nitrogen and oxygen atoms in total. The smallest absolute Gasteiger partial charge is 0.220 e. The van der Waals surface area contributed by atoms with Crippen LogP contribution in [-0.4, -0.2) is 16.9 Å². The van der Waals surface area contributed by atoms with Crippen molar-refractivity contribution in [2.75, 3.05) is 0 Å². The summed E-state index contributed by atoms with van der Waals surface area (Å²) in [6, 6.07) is 19.6. The molecule has 1 amide bonds. The Morgan fingerprint density at radius 3 is 2.70 bits per heavy atom. The predicted molar refractivity (Wildman–Crippen MR) is 112 cm³/mol. The number of carbonyl (C=O) groups excluding carboxylic acids is 1. The molecule has 4 rings (SSSR count). The minimum atomic E-state index is -0.408. The van der Waals surface area contributed by atoms with Gasteiger partial charge in [0.2, 0.25) is 5.91 Å². The zero-order chi connectivity index (χ0) is 20.8. The zero-order valence-electron chi connectivity index (χ0n) is 16.6. The average molecular weight is 405 g/mol. The van der Waals surface area contributed by atoms with Crippen LogP contribution in [0.1, 0.15) is 35.7 Å². The van der Waals surface area contributed by atoms with Gasteiger partial charge in [0.05, 0.1) is 11.7 Å². The molecule has 6 heteroatoms. The van der Waals surface area contributed by atoms with Gasteiger partial charge in [-0.1, -0.05) is 42.5 Å². The third-order valence-electron chi connectivity index (χ3n) is 5.27. The molecule has 30 heavy (non-hydrogen) atoms. The molecule has 2 aromatic carbocycles. The Hall–Kier alpha value is -3.25. The second-order valence-corrected chi connectivity index (χ2v) is 7.31. The normalized spacial score (nSPS) is 18.6. The first-order valence-electron chi connectivity index (χ1n) is 10.1. The van der Waals surface area contributed by atoms with Crippen LogP contribution in [0.4, 0.5) is 4.39 Å². The SMILES string of the molecule is O=C1CC[C@@H](NCc2ccccc2OCc2ccccn2)[C@H](c2ccccc2F)N1. The zero-order valence-corrected chi connectivity index (χ0v) is 16.6. The van der Waals surface area contributed by atoms with Gasteiger partial charge in [0.15, 0.2) is 0 Å². The van der Waals surface area contributed by atoms with E-state index in [1.807, 2.05) is 42.5 Å². The van der Waals surface area contributed by atoms with Crippen molar-refractivity contribution in [1.29, 1.82) is 0 Å². The van der Waals surface area contributed by atoms with Gasteiger partial charge in [-0.3, -0.25) is 9.78 Å². The lowest BCUT2D eigenvalue weighted by Gasteiger charge is -2.33.